The lowest BCUT2D eigenvalue weighted by Crippen LogP contribution is -2.23. The zero-order valence-electron chi connectivity index (χ0n) is 14.9. The summed E-state index contributed by atoms with van der Waals surface area (Å²) in [5.74, 6) is 0.930. The van der Waals surface area contributed by atoms with Crippen LogP contribution in [0.1, 0.15) is 24.8 Å². The highest BCUT2D eigenvalue weighted by molar-refractivity contribution is 5.92. The van der Waals surface area contributed by atoms with Crippen molar-refractivity contribution < 1.29 is 14.3 Å². The van der Waals surface area contributed by atoms with Gasteiger partial charge < -0.3 is 20.5 Å². The van der Waals surface area contributed by atoms with Gasteiger partial charge in [0.15, 0.2) is 0 Å². The average molecular weight is 354 g/mol. The van der Waals surface area contributed by atoms with Gasteiger partial charge in [0.2, 0.25) is 5.91 Å². The topological polar surface area (TPSA) is 73.6 Å². The molecule has 2 aromatic rings. The predicted octanol–water partition coefficient (Wildman–Crippen LogP) is 3.35. The zero-order chi connectivity index (χ0) is 18.2. The normalized spacial score (nSPS) is 19.3. The van der Waals surface area contributed by atoms with Gasteiger partial charge in [0.05, 0.1) is 13.2 Å². The lowest BCUT2D eigenvalue weighted by Gasteiger charge is -2.12. The van der Waals surface area contributed by atoms with Crippen LogP contribution in [0.5, 0.6) is 5.75 Å². The van der Waals surface area contributed by atoms with Gasteiger partial charge in [-0.25, -0.2) is 0 Å². The molecule has 1 fully saturated rings. The summed E-state index contributed by atoms with van der Waals surface area (Å²) in [5, 5.41) is 2.99. The summed E-state index contributed by atoms with van der Waals surface area (Å²) in [4.78, 5) is 12.3. The summed E-state index contributed by atoms with van der Waals surface area (Å²) < 4.78 is 11.3. The molecule has 0 aliphatic heterocycles. The predicted molar refractivity (Wildman–Crippen MR) is 102 cm³/mol. The first kappa shape index (κ1) is 18.4. The molecule has 1 amide bonds. The molecule has 1 aliphatic carbocycles. The van der Waals surface area contributed by atoms with Crippen LogP contribution in [-0.2, 0) is 16.1 Å². The van der Waals surface area contributed by atoms with Crippen LogP contribution >= 0.6 is 0 Å². The molecule has 1 aliphatic rings. The summed E-state index contributed by atoms with van der Waals surface area (Å²) in [6, 6.07) is 17.6. The van der Waals surface area contributed by atoms with E-state index in [4.69, 9.17) is 15.2 Å². The number of benzene rings is 2. The van der Waals surface area contributed by atoms with Gasteiger partial charge in [0, 0.05) is 17.6 Å². The maximum absolute atomic E-state index is 12.3. The van der Waals surface area contributed by atoms with Gasteiger partial charge in [-0.2, -0.15) is 0 Å². The first-order valence-corrected chi connectivity index (χ1v) is 9.11. The van der Waals surface area contributed by atoms with Crippen molar-refractivity contribution in [3.63, 3.8) is 0 Å². The van der Waals surface area contributed by atoms with Crippen molar-refractivity contribution >= 4 is 11.6 Å². The molecule has 0 aromatic heterocycles. The van der Waals surface area contributed by atoms with Crippen LogP contribution in [0, 0.1) is 5.92 Å². The van der Waals surface area contributed by atoms with Crippen LogP contribution in [0.25, 0.3) is 0 Å². The van der Waals surface area contributed by atoms with Crippen LogP contribution in [0.4, 0.5) is 5.69 Å². The molecule has 3 N–H and O–H groups in total. The summed E-state index contributed by atoms with van der Waals surface area (Å²) in [6.07, 6.45) is 2.57. The van der Waals surface area contributed by atoms with Crippen LogP contribution in [0.3, 0.4) is 0 Å². The molecule has 3 rings (SSSR count). The molecule has 0 bridgehead atoms. The number of nitrogens with two attached hydrogens (primary N) is 1. The molecule has 0 spiro atoms. The summed E-state index contributed by atoms with van der Waals surface area (Å²) >= 11 is 0. The number of rotatable bonds is 8. The third kappa shape index (κ3) is 5.58. The molecular formula is C21H26N2O3. The third-order valence-electron chi connectivity index (χ3n) is 4.55. The van der Waals surface area contributed by atoms with E-state index in [-0.39, 0.29) is 17.9 Å². The standard InChI is InChI=1S/C21H26N2O3/c22-18-10-9-17(14-18)21(24)23-19-6-4-5-16(13-19)15-25-11-12-26-20-7-2-1-3-8-20/h1-8,13,17-18H,9-12,14-15,22H2,(H,23,24). The largest absolute Gasteiger partial charge is 0.491 e. The monoisotopic (exact) mass is 354 g/mol. The second-order valence-corrected chi connectivity index (χ2v) is 6.67. The van der Waals surface area contributed by atoms with E-state index < -0.39 is 0 Å². The van der Waals surface area contributed by atoms with E-state index in [1.54, 1.807) is 0 Å². The van der Waals surface area contributed by atoms with Crippen molar-refractivity contribution in [3.8, 4) is 5.75 Å². The van der Waals surface area contributed by atoms with Crippen LogP contribution in [0.2, 0.25) is 0 Å². The Kier molecular flexibility index (Phi) is 6.63. The van der Waals surface area contributed by atoms with Gasteiger partial charge in [-0.3, -0.25) is 4.79 Å². The first-order chi connectivity index (χ1) is 12.7. The fourth-order valence-electron chi connectivity index (χ4n) is 3.16. The Morgan fingerprint density at radius 1 is 1.08 bits per heavy atom. The Labute approximate surface area is 154 Å². The fourth-order valence-corrected chi connectivity index (χ4v) is 3.16. The molecule has 0 radical (unpaired) electrons. The average Bonchev–Trinajstić information content (AvgIpc) is 3.09. The SMILES string of the molecule is NC1CCC(C(=O)Nc2cccc(COCCOc3ccccc3)c2)C1. The van der Waals surface area contributed by atoms with Crippen molar-refractivity contribution in [1.29, 1.82) is 0 Å². The highest BCUT2D eigenvalue weighted by Crippen LogP contribution is 2.25. The van der Waals surface area contributed by atoms with Gasteiger partial charge in [-0.05, 0) is 49.1 Å². The van der Waals surface area contributed by atoms with E-state index in [1.165, 1.54) is 0 Å². The zero-order valence-corrected chi connectivity index (χ0v) is 14.9. The number of ether oxygens (including phenoxy) is 2. The second-order valence-electron chi connectivity index (χ2n) is 6.67. The molecule has 138 valence electrons. The van der Waals surface area contributed by atoms with Crippen molar-refractivity contribution in [3.05, 3.63) is 60.2 Å². The van der Waals surface area contributed by atoms with Crippen LogP contribution in [-0.4, -0.2) is 25.2 Å². The van der Waals surface area contributed by atoms with Crippen LogP contribution in [0.15, 0.2) is 54.6 Å². The molecule has 0 heterocycles. The number of carbonyl (C=O) groups excluding carboxylic acids is 1. The van der Waals surface area contributed by atoms with E-state index in [2.05, 4.69) is 5.32 Å². The molecule has 5 heteroatoms. The number of anilines is 1. The first-order valence-electron chi connectivity index (χ1n) is 9.11. The molecule has 1 saturated carbocycles. The van der Waals surface area contributed by atoms with E-state index in [0.29, 0.717) is 19.8 Å². The maximum Gasteiger partial charge on any atom is 0.227 e. The van der Waals surface area contributed by atoms with E-state index in [1.807, 2.05) is 54.6 Å². The molecule has 2 atom stereocenters. The number of nitrogens with one attached hydrogen (secondary N) is 1. The number of amides is 1. The fraction of sp³-hybridized carbons (Fsp3) is 0.381. The second kappa shape index (κ2) is 9.36. The quantitative estimate of drug-likeness (QED) is 0.713. The van der Waals surface area contributed by atoms with Gasteiger partial charge in [0.1, 0.15) is 12.4 Å². The minimum Gasteiger partial charge on any atom is -0.491 e. The van der Waals surface area contributed by atoms with Gasteiger partial charge in [-0.1, -0.05) is 30.3 Å². The molecule has 5 nitrogen and oxygen atoms in total. The highest BCUT2D eigenvalue weighted by atomic mass is 16.5. The van der Waals surface area contributed by atoms with E-state index in [9.17, 15) is 4.79 Å². The Bertz CT molecular complexity index is 705. The van der Waals surface area contributed by atoms with Crippen molar-refractivity contribution in [1.82, 2.24) is 0 Å². The summed E-state index contributed by atoms with van der Waals surface area (Å²) in [7, 11) is 0. The minimum atomic E-state index is 0.0278. The Morgan fingerprint density at radius 2 is 1.92 bits per heavy atom. The molecule has 0 saturated heterocycles. The Hall–Kier alpha value is -2.37. The number of carbonyl (C=O) groups is 1. The van der Waals surface area contributed by atoms with Gasteiger partial charge in [0.25, 0.3) is 0 Å². The smallest absolute Gasteiger partial charge is 0.227 e. The number of para-hydroxylation sites is 1. The molecule has 2 aromatic carbocycles. The van der Waals surface area contributed by atoms with E-state index >= 15 is 0 Å². The van der Waals surface area contributed by atoms with Crippen molar-refractivity contribution in [2.24, 2.45) is 11.7 Å². The van der Waals surface area contributed by atoms with Crippen LogP contribution < -0.4 is 15.8 Å². The maximum atomic E-state index is 12.3. The van der Waals surface area contributed by atoms with E-state index in [0.717, 1.165) is 36.3 Å². The number of hydrogen-bond acceptors (Lipinski definition) is 4. The Morgan fingerprint density at radius 3 is 2.69 bits per heavy atom. The Balaban J connectivity index is 1.40. The summed E-state index contributed by atoms with van der Waals surface area (Å²) in [6.45, 7) is 1.49. The molecule has 2 unspecified atom stereocenters. The summed E-state index contributed by atoms with van der Waals surface area (Å²) in [5.41, 5.74) is 7.71. The molecule has 26 heavy (non-hydrogen) atoms. The van der Waals surface area contributed by atoms with Gasteiger partial charge >= 0.3 is 0 Å². The highest BCUT2D eigenvalue weighted by Gasteiger charge is 2.27. The lowest BCUT2D eigenvalue weighted by atomic mass is 10.1. The lowest BCUT2D eigenvalue weighted by molar-refractivity contribution is -0.119. The van der Waals surface area contributed by atoms with Crippen molar-refractivity contribution in [2.75, 3.05) is 18.5 Å². The van der Waals surface area contributed by atoms with Gasteiger partial charge in [-0.15, -0.1) is 0 Å². The number of hydrogen-bond donors (Lipinski definition) is 2. The van der Waals surface area contributed by atoms with Crippen molar-refractivity contribution in [2.45, 2.75) is 31.9 Å². The third-order valence-corrected chi connectivity index (χ3v) is 4.55. The molecular weight excluding hydrogens is 328 g/mol. The minimum absolute atomic E-state index is 0.0278.